The van der Waals surface area contributed by atoms with Crippen molar-refractivity contribution in [2.24, 2.45) is 0 Å². The summed E-state index contributed by atoms with van der Waals surface area (Å²) in [6.45, 7) is 5.74. The minimum atomic E-state index is -4.67. The van der Waals surface area contributed by atoms with E-state index in [1.807, 2.05) is 13.8 Å². The zero-order valence-electron chi connectivity index (χ0n) is 9.36. The molecule has 0 aliphatic carbocycles. The summed E-state index contributed by atoms with van der Waals surface area (Å²) in [5.74, 6) is -0.229. The van der Waals surface area contributed by atoms with Crippen LogP contribution in [0.2, 0.25) is 5.02 Å². The molecule has 5 heteroatoms. The average molecular weight is 255 g/mol. The number of hydrogen-bond donors (Lipinski definition) is 0. The molecule has 92 valence electrons. The van der Waals surface area contributed by atoms with E-state index in [1.54, 1.807) is 6.92 Å². The number of alkyl halides is 3. The van der Waals surface area contributed by atoms with Crippen LogP contribution in [0.15, 0.2) is 18.2 Å². The van der Waals surface area contributed by atoms with Gasteiger partial charge in [0.25, 0.3) is 0 Å². The number of benzene rings is 1. The zero-order chi connectivity index (χ0) is 12.8. The summed E-state index contributed by atoms with van der Waals surface area (Å²) in [7, 11) is 0. The number of ether oxygens (including phenoxy) is 1. The maximum absolute atomic E-state index is 11.9. The summed E-state index contributed by atoms with van der Waals surface area (Å²) in [4.78, 5) is 0. The second kappa shape index (κ2) is 6.63. The average Bonchev–Trinajstić information content (AvgIpc) is 2.19. The van der Waals surface area contributed by atoms with Gasteiger partial charge in [-0.15, -0.1) is 13.2 Å². The van der Waals surface area contributed by atoms with Gasteiger partial charge in [-0.25, -0.2) is 0 Å². The molecule has 0 radical (unpaired) electrons. The molecular weight excluding hydrogens is 241 g/mol. The number of rotatable bonds is 2. The van der Waals surface area contributed by atoms with Gasteiger partial charge in [0.2, 0.25) is 0 Å². The highest BCUT2D eigenvalue weighted by molar-refractivity contribution is 6.30. The molecule has 0 N–H and O–H groups in total. The van der Waals surface area contributed by atoms with Crippen LogP contribution in [0.4, 0.5) is 13.2 Å². The Hall–Kier alpha value is -0.900. The summed E-state index contributed by atoms with van der Waals surface area (Å²) in [5, 5.41) is 0.224. The first-order valence-corrected chi connectivity index (χ1v) is 5.34. The van der Waals surface area contributed by atoms with Crippen LogP contribution >= 0.6 is 11.6 Å². The van der Waals surface area contributed by atoms with E-state index < -0.39 is 6.36 Å². The molecule has 0 aromatic heterocycles. The second-order valence-corrected chi connectivity index (χ2v) is 3.09. The van der Waals surface area contributed by atoms with Crippen molar-refractivity contribution in [1.82, 2.24) is 0 Å². The van der Waals surface area contributed by atoms with Gasteiger partial charge in [-0.3, -0.25) is 0 Å². The van der Waals surface area contributed by atoms with Crippen LogP contribution in [0.25, 0.3) is 0 Å². The summed E-state index contributed by atoms with van der Waals surface area (Å²) < 4.78 is 39.6. The summed E-state index contributed by atoms with van der Waals surface area (Å²) in [6.07, 6.45) is -4.21. The van der Waals surface area contributed by atoms with Crippen molar-refractivity contribution in [3.8, 4) is 5.75 Å². The van der Waals surface area contributed by atoms with Gasteiger partial charge in [0.05, 0.1) is 0 Å². The Balaban J connectivity index is 0.00000106. The standard InChI is InChI=1S/C9H8ClF3O.C2H6/c1-2-6-3-4-7(10)5-8(6)14-9(11,12)13;1-2/h3-5H,2H2,1H3;1-2H3. The van der Waals surface area contributed by atoms with E-state index in [0.717, 1.165) is 6.07 Å². The Morgan fingerprint density at radius 2 is 1.81 bits per heavy atom. The number of hydrogen-bond acceptors (Lipinski definition) is 1. The molecule has 0 bridgehead atoms. The monoisotopic (exact) mass is 254 g/mol. The highest BCUT2D eigenvalue weighted by Crippen LogP contribution is 2.29. The Bertz CT molecular complexity index is 323. The molecule has 0 heterocycles. The van der Waals surface area contributed by atoms with Gasteiger partial charge in [0.1, 0.15) is 5.75 Å². The molecule has 0 spiro atoms. The predicted molar refractivity (Wildman–Crippen MR) is 58.9 cm³/mol. The quantitative estimate of drug-likeness (QED) is 0.735. The molecule has 0 fully saturated rings. The molecule has 0 aliphatic rings. The Kier molecular flexibility index (Phi) is 6.26. The maximum Gasteiger partial charge on any atom is 0.573 e. The topological polar surface area (TPSA) is 9.23 Å². The van der Waals surface area contributed by atoms with Crippen LogP contribution in [-0.2, 0) is 6.42 Å². The van der Waals surface area contributed by atoms with E-state index in [0.29, 0.717) is 12.0 Å². The molecule has 0 unspecified atom stereocenters. The highest BCUT2D eigenvalue weighted by atomic mass is 35.5. The van der Waals surface area contributed by atoms with Crippen LogP contribution in [0.3, 0.4) is 0 Å². The fraction of sp³-hybridized carbons (Fsp3) is 0.455. The van der Waals surface area contributed by atoms with E-state index >= 15 is 0 Å². The van der Waals surface area contributed by atoms with Crippen molar-refractivity contribution < 1.29 is 17.9 Å². The van der Waals surface area contributed by atoms with Gasteiger partial charge in [-0.05, 0) is 24.1 Å². The SMILES string of the molecule is CC.CCc1ccc(Cl)cc1OC(F)(F)F. The Labute approximate surface area is 98.2 Å². The maximum atomic E-state index is 11.9. The van der Waals surface area contributed by atoms with Crippen LogP contribution in [0.1, 0.15) is 26.3 Å². The third-order valence-electron chi connectivity index (χ3n) is 1.64. The third-order valence-corrected chi connectivity index (χ3v) is 1.87. The molecule has 0 atom stereocenters. The lowest BCUT2D eigenvalue weighted by atomic mass is 10.1. The molecule has 1 aromatic carbocycles. The molecular formula is C11H14ClF3O. The minimum Gasteiger partial charge on any atom is -0.405 e. The van der Waals surface area contributed by atoms with Crippen molar-refractivity contribution in [3.05, 3.63) is 28.8 Å². The van der Waals surface area contributed by atoms with Crippen molar-refractivity contribution >= 4 is 11.6 Å². The van der Waals surface area contributed by atoms with Gasteiger partial charge >= 0.3 is 6.36 Å². The second-order valence-electron chi connectivity index (χ2n) is 2.65. The fourth-order valence-electron chi connectivity index (χ4n) is 1.04. The lowest BCUT2D eigenvalue weighted by Gasteiger charge is -2.12. The first-order chi connectivity index (χ1) is 7.42. The normalized spacial score (nSPS) is 10.4. The first-order valence-electron chi connectivity index (χ1n) is 4.96. The smallest absolute Gasteiger partial charge is 0.405 e. The number of halogens is 4. The molecule has 0 saturated carbocycles. The molecule has 1 aromatic rings. The van der Waals surface area contributed by atoms with Gasteiger partial charge in [-0.2, -0.15) is 0 Å². The largest absolute Gasteiger partial charge is 0.573 e. The van der Waals surface area contributed by atoms with Crippen molar-refractivity contribution in [3.63, 3.8) is 0 Å². The predicted octanol–water partition coefficient (Wildman–Crippen LogP) is 4.83. The highest BCUT2D eigenvalue weighted by Gasteiger charge is 2.31. The Morgan fingerprint density at radius 3 is 2.25 bits per heavy atom. The van der Waals surface area contributed by atoms with E-state index in [1.165, 1.54) is 12.1 Å². The molecule has 1 rings (SSSR count). The fourth-order valence-corrected chi connectivity index (χ4v) is 1.20. The van der Waals surface area contributed by atoms with Gasteiger partial charge in [0, 0.05) is 5.02 Å². The molecule has 0 aliphatic heterocycles. The van der Waals surface area contributed by atoms with E-state index in [2.05, 4.69) is 4.74 Å². The van der Waals surface area contributed by atoms with Crippen LogP contribution < -0.4 is 4.74 Å². The van der Waals surface area contributed by atoms with Crippen molar-refractivity contribution in [2.75, 3.05) is 0 Å². The lowest BCUT2D eigenvalue weighted by Crippen LogP contribution is -2.18. The molecule has 0 amide bonds. The van der Waals surface area contributed by atoms with Crippen LogP contribution in [0, 0.1) is 0 Å². The van der Waals surface area contributed by atoms with E-state index in [4.69, 9.17) is 11.6 Å². The van der Waals surface area contributed by atoms with Crippen molar-refractivity contribution in [1.29, 1.82) is 0 Å². The molecule has 0 saturated heterocycles. The van der Waals surface area contributed by atoms with Crippen molar-refractivity contribution in [2.45, 2.75) is 33.6 Å². The first kappa shape index (κ1) is 15.1. The lowest BCUT2D eigenvalue weighted by molar-refractivity contribution is -0.274. The number of aryl methyl sites for hydroxylation is 1. The van der Waals surface area contributed by atoms with Crippen LogP contribution in [0.5, 0.6) is 5.75 Å². The minimum absolute atomic E-state index is 0.224. The summed E-state index contributed by atoms with van der Waals surface area (Å²) in [5.41, 5.74) is 0.478. The molecule has 16 heavy (non-hydrogen) atoms. The summed E-state index contributed by atoms with van der Waals surface area (Å²) >= 11 is 5.56. The molecule has 1 nitrogen and oxygen atoms in total. The Morgan fingerprint density at radius 1 is 1.25 bits per heavy atom. The van der Waals surface area contributed by atoms with Gasteiger partial charge in [0.15, 0.2) is 0 Å². The zero-order valence-corrected chi connectivity index (χ0v) is 10.1. The third kappa shape index (κ3) is 5.26. The summed E-state index contributed by atoms with van der Waals surface area (Å²) in [6, 6.07) is 4.21. The van der Waals surface area contributed by atoms with Gasteiger partial charge in [-0.1, -0.05) is 38.4 Å². The van der Waals surface area contributed by atoms with Crippen LogP contribution in [-0.4, -0.2) is 6.36 Å². The van der Waals surface area contributed by atoms with E-state index in [-0.39, 0.29) is 10.8 Å². The van der Waals surface area contributed by atoms with Gasteiger partial charge < -0.3 is 4.74 Å². The van der Waals surface area contributed by atoms with E-state index in [9.17, 15) is 13.2 Å².